The van der Waals surface area contributed by atoms with Crippen molar-refractivity contribution in [3.8, 4) is 0 Å². The van der Waals surface area contributed by atoms with Gasteiger partial charge < -0.3 is 20.7 Å². The number of aryl methyl sites for hydroxylation is 1. The zero-order valence-corrected chi connectivity index (χ0v) is 22.3. The molecule has 37 heavy (non-hydrogen) atoms. The van der Waals surface area contributed by atoms with Gasteiger partial charge >= 0.3 is 5.82 Å². The molecule has 0 spiro atoms. The van der Waals surface area contributed by atoms with Gasteiger partial charge in [-0.05, 0) is 81.0 Å². The molecule has 6 rings (SSSR count). The highest BCUT2D eigenvalue weighted by atomic mass is 35.5. The molecule has 2 aromatic heterocycles. The molecule has 2 heterocycles. The molecule has 4 aliphatic rings. The van der Waals surface area contributed by atoms with Gasteiger partial charge in [0.25, 0.3) is 5.91 Å². The van der Waals surface area contributed by atoms with Crippen LogP contribution in [0.4, 0.5) is 11.5 Å². The van der Waals surface area contributed by atoms with Gasteiger partial charge in [-0.1, -0.05) is 18.5 Å². The summed E-state index contributed by atoms with van der Waals surface area (Å²) in [5, 5.41) is 26.1. The van der Waals surface area contributed by atoms with Crippen LogP contribution < -0.4 is 10.6 Å². The molecule has 200 valence electrons. The molecule has 0 radical (unpaired) electrons. The average molecular weight is 532 g/mol. The summed E-state index contributed by atoms with van der Waals surface area (Å²) in [4.78, 5) is 37.1. The summed E-state index contributed by atoms with van der Waals surface area (Å²) in [7, 11) is 0. The monoisotopic (exact) mass is 531 g/mol. The van der Waals surface area contributed by atoms with Gasteiger partial charge in [0.1, 0.15) is 0 Å². The summed E-state index contributed by atoms with van der Waals surface area (Å²) < 4.78 is 3.45. The maximum Gasteiger partial charge on any atom is 0.408 e. The molecule has 12 heteroatoms. The molecule has 2 amide bonds. The number of amides is 2. The van der Waals surface area contributed by atoms with Crippen LogP contribution in [0.5, 0.6) is 0 Å². The molecule has 4 bridgehead atoms. The molecule has 2 aromatic rings. The fourth-order valence-corrected chi connectivity index (χ4v) is 7.79. The Balaban J connectivity index is 1.39. The van der Waals surface area contributed by atoms with Crippen LogP contribution in [-0.4, -0.2) is 42.8 Å². The second kappa shape index (κ2) is 9.41. The van der Waals surface area contributed by atoms with E-state index in [1.54, 1.807) is 22.5 Å². The van der Waals surface area contributed by atoms with Gasteiger partial charge in [-0.25, -0.2) is 0 Å². The lowest BCUT2D eigenvalue weighted by molar-refractivity contribution is -0.389. The highest BCUT2D eigenvalue weighted by Crippen LogP contribution is 2.65. The lowest BCUT2D eigenvalue weighted by Crippen LogP contribution is -2.57. The predicted octanol–water partition coefficient (Wildman–Crippen LogP) is 4.43. The minimum atomic E-state index is -0.528. The molecule has 2 N–H and O–H groups in total. The van der Waals surface area contributed by atoms with Crippen LogP contribution in [-0.2, 0) is 16.9 Å². The molecular formula is C25H34ClN7O4. The van der Waals surface area contributed by atoms with Gasteiger partial charge in [0, 0.05) is 25.7 Å². The Kier molecular flexibility index (Phi) is 6.54. The smallest absolute Gasteiger partial charge is 0.358 e. The maximum absolute atomic E-state index is 13.4. The Morgan fingerprint density at radius 1 is 1.22 bits per heavy atom. The number of hydrogen-bond acceptors (Lipinski definition) is 6. The van der Waals surface area contributed by atoms with Crippen LogP contribution in [0, 0.1) is 34.3 Å². The van der Waals surface area contributed by atoms with E-state index in [1.165, 1.54) is 0 Å². The normalized spacial score (nSPS) is 27.9. The fourth-order valence-electron chi connectivity index (χ4n) is 7.60. The summed E-state index contributed by atoms with van der Waals surface area (Å²) in [6.07, 6.45) is 8.38. The molecule has 0 aliphatic heterocycles. The van der Waals surface area contributed by atoms with Crippen LogP contribution in [0.15, 0.2) is 6.20 Å². The standard InChI is InChI=1S/C25H34ClN7O4/c1-4-6-27-23(35)21-18(13-31(5-2)29-21)28-19(34)12-24-8-16-7-17(9-24)11-25(10-16,14-24)32-15(3)20(26)22(30-32)33(36)37/h13,16-17H,4-12,14H2,1-3H3,(H,27,35)(H,28,34). The zero-order valence-electron chi connectivity index (χ0n) is 21.6. The molecule has 2 atom stereocenters. The number of carbonyl (C=O) groups is 2. The lowest BCUT2D eigenvalue weighted by Gasteiger charge is -2.61. The minimum Gasteiger partial charge on any atom is -0.358 e. The van der Waals surface area contributed by atoms with E-state index < -0.39 is 4.92 Å². The summed E-state index contributed by atoms with van der Waals surface area (Å²) in [6.45, 7) is 6.81. The Morgan fingerprint density at radius 2 is 1.92 bits per heavy atom. The van der Waals surface area contributed by atoms with Crippen LogP contribution in [0.3, 0.4) is 0 Å². The first kappa shape index (κ1) is 25.7. The fraction of sp³-hybridized carbons (Fsp3) is 0.680. The van der Waals surface area contributed by atoms with E-state index in [1.807, 2.05) is 13.8 Å². The van der Waals surface area contributed by atoms with Gasteiger partial charge in [0.2, 0.25) is 5.91 Å². The average Bonchev–Trinajstić information content (AvgIpc) is 3.37. The number of hydrogen-bond donors (Lipinski definition) is 2. The van der Waals surface area contributed by atoms with Crippen LogP contribution in [0.1, 0.15) is 81.4 Å². The van der Waals surface area contributed by atoms with Gasteiger partial charge in [-0.15, -0.1) is 0 Å². The number of nitrogens with one attached hydrogen (secondary N) is 2. The van der Waals surface area contributed by atoms with Gasteiger partial charge in [-0.2, -0.15) is 9.78 Å². The van der Waals surface area contributed by atoms with E-state index in [-0.39, 0.29) is 39.3 Å². The maximum atomic E-state index is 13.4. The van der Waals surface area contributed by atoms with E-state index >= 15 is 0 Å². The van der Waals surface area contributed by atoms with E-state index in [2.05, 4.69) is 20.8 Å². The van der Waals surface area contributed by atoms with E-state index in [9.17, 15) is 19.7 Å². The van der Waals surface area contributed by atoms with Crippen molar-refractivity contribution in [2.24, 2.45) is 17.3 Å². The highest BCUT2D eigenvalue weighted by molar-refractivity contribution is 6.33. The van der Waals surface area contributed by atoms with E-state index in [0.29, 0.717) is 42.7 Å². The van der Waals surface area contributed by atoms with Crippen LogP contribution in [0.25, 0.3) is 0 Å². The number of nitrogens with zero attached hydrogens (tertiary/aromatic N) is 5. The Hall–Kier alpha value is -2.95. The zero-order chi connectivity index (χ0) is 26.5. The molecular weight excluding hydrogens is 498 g/mol. The van der Waals surface area contributed by atoms with Crippen molar-refractivity contribution in [3.63, 3.8) is 0 Å². The van der Waals surface area contributed by atoms with Crippen molar-refractivity contribution in [1.82, 2.24) is 24.9 Å². The minimum absolute atomic E-state index is 0.0920. The van der Waals surface area contributed by atoms with Gasteiger partial charge in [0.05, 0.1) is 22.0 Å². The lowest BCUT2D eigenvalue weighted by atomic mass is 9.46. The molecule has 4 saturated carbocycles. The Morgan fingerprint density at radius 3 is 2.51 bits per heavy atom. The van der Waals surface area contributed by atoms with Gasteiger partial charge in [0.15, 0.2) is 10.7 Å². The van der Waals surface area contributed by atoms with Gasteiger partial charge in [-0.3, -0.25) is 14.3 Å². The Labute approximate surface area is 220 Å². The Bertz CT molecular complexity index is 1240. The van der Waals surface area contributed by atoms with Crippen molar-refractivity contribution in [2.75, 3.05) is 11.9 Å². The van der Waals surface area contributed by atoms with Crippen molar-refractivity contribution in [1.29, 1.82) is 0 Å². The summed E-state index contributed by atoms with van der Waals surface area (Å²) in [6, 6.07) is 0. The third kappa shape index (κ3) is 4.51. The quantitative estimate of drug-likeness (QED) is 0.362. The molecule has 0 saturated heterocycles. The van der Waals surface area contributed by atoms with Crippen LogP contribution in [0.2, 0.25) is 5.02 Å². The topological polar surface area (TPSA) is 137 Å². The number of halogens is 1. The van der Waals surface area contributed by atoms with Crippen molar-refractivity contribution in [2.45, 2.75) is 84.2 Å². The summed E-state index contributed by atoms with van der Waals surface area (Å²) in [5.41, 5.74) is 0.665. The third-order valence-corrected chi connectivity index (χ3v) is 8.89. The van der Waals surface area contributed by atoms with E-state index in [4.69, 9.17) is 11.6 Å². The van der Waals surface area contributed by atoms with Crippen molar-refractivity contribution < 1.29 is 14.5 Å². The molecule has 4 fully saturated rings. The van der Waals surface area contributed by atoms with Crippen molar-refractivity contribution in [3.05, 3.63) is 32.7 Å². The number of anilines is 1. The molecule has 11 nitrogen and oxygen atoms in total. The number of rotatable bonds is 9. The van der Waals surface area contributed by atoms with Crippen molar-refractivity contribution >= 4 is 34.9 Å². The number of carbonyl (C=O) groups excluding carboxylic acids is 2. The first-order chi connectivity index (χ1) is 17.6. The molecule has 4 aliphatic carbocycles. The second-order valence-corrected chi connectivity index (χ2v) is 11.7. The first-order valence-corrected chi connectivity index (χ1v) is 13.5. The second-order valence-electron chi connectivity index (χ2n) is 11.3. The number of nitro groups is 1. The third-order valence-electron chi connectivity index (χ3n) is 8.45. The van der Waals surface area contributed by atoms with E-state index in [0.717, 1.165) is 44.9 Å². The molecule has 2 unspecified atom stereocenters. The highest BCUT2D eigenvalue weighted by Gasteiger charge is 2.61. The molecule has 0 aromatic carbocycles. The number of aromatic nitrogens is 4. The predicted molar refractivity (Wildman–Crippen MR) is 137 cm³/mol. The largest absolute Gasteiger partial charge is 0.408 e. The summed E-state index contributed by atoms with van der Waals surface area (Å²) >= 11 is 6.31. The van der Waals surface area contributed by atoms with Crippen LogP contribution >= 0.6 is 11.6 Å². The first-order valence-electron chi connectivity index (χ1n) is 13.1. The summed E-state index contributed by atoms with van der Waals surface area (Å²) in [5.74, 6) is 0.134. The SMILES string of the molecule is CCCNC(=O)c1nn(CC)cc1NC(=O)CC12CC3CC(C1)CC(n1nc([N+](=O)[O-])c(Cl)c1C)(C3)C2.